The van der Waals surface area contributed by atoms with Crippen molar-refractivity contribution in [3.63, 3.8) is 0 Å². The number of hydrogen-bond donors (Lipinski definition) is 6. The van der Waals surface area contributed by atoms with Crippen molar-refractivity contribution in [3.8, 4) is 0 Å². The van der Waals surface area contributed by atoms with Crippen molar-refractivity contribution in [3.05, 3.63) is 22.8 Å². The molecule has 2 amide bonds. The molecule has 0 fully saturated rings. The first kappa shape index (κ1) is 18.9. The van der Waals surface area contributed by atoms with Gasteiger partial charge in [-0.2, -0.15) is 0 Å². The standard InChI is InChI=1S/C12H14N4O8/c13-9(19)7-5(3(1-17)11(21)22)15-8(10(14)20)6(16-7)4(2-18)12(23)24/h3-4,17-18H,1-2H2,(H2,13,19)(H2,14,20)(H,21,22)(H,23,24)/t3-,4-/m0/s1. The van der Waals surface area contributed by atoms with E-state index in [1.807, 2.05) is 0 Å². The number of hydrogen-bond acceptors (Lipinski definition) is 8. The van der Waals surface area contributed by atoms with Crippen LogP contribution in [0, 0.1) is 0 Å². The second-order valence-electron chi connectivity index (χ2n) is 4.57. The van der Waals surface area contributed by atoms with Crippen molar-refractivity contribution in [1.82, 2.24) is 9.97 Å². The van der Waals surface area contributed by atoms with Gasteiger partial charge in [0.15, 0.2) is 11.4 Å². The number of carboxylic acids is 2. The summed E-state index contributed by atoms with van der Waals surface area (Å²) in [5.41, 5.74) is 7.37. The van der Waals surface area contributed by atoms with Crippen LogP contribution in [-0.4, -0.2) is 67.4 Å². The van der Waals surface area contributed by atoms with Crippen LogP contribution in [0.15, 0.2) is 0 Å². The molecule has 1 rings (SSSR count). The molecule has 0 radical (unpaired) electrons. The van der Waals surface area contributed by atoms with Gasteiger partial charge in [0.2, 0.25) is 0 Å². The van der Waals surface area contributed by atoms with Crippen LogP contribution in [0.2, 0.25) is 0 Å². The fourth-order valence-electron chi connectivity index (χ4n) is 1.87. The van der Waals surface area contributed by atoms with Gasteiger partial charge in [0.05, 0.1) is 24.6 Å². The third-order valence-corrected chi connectivity index (χ3v) is 3.04. The number of nitrogens with two attached hydrogens (primary N) is 2. The molecule has 0 bridgehead atoms. The van der Waals surface area contributed by atoms with Crippen molar-refractivity contribution in [2.45, 2.75) is 11.8 Å². The molecule has 0 unspecified atom stereocenters. The molecule has 8 N–H and O–H groups in total. The summed E-state index contributed by atoms with van der Waals surface area (Å²) < 4.78 is 0. The summed E-state index contributed by atoms with van der Waals surface area (Å²) in [6.07, 6.45) is 0. The van der Waals surface area contributed by atoms with E-state index in [0.717, 1.165) is 0 Å². The largest absolute Gasteiger partial charge is 0.481 e. The number of aliphatic carboxylic acids is 2. The maximum atomic E-state index is 11.5. The van der Waals surface area contributed by atoms with Gasteiger partial charge in [0.25, 0.3) is 11.8 Å². The van der Waals surface area contributed by atoms with Gasteiger partial charge in [0, 0.05) is 0 Å². The number of amides is 2. The summed E-state index contributed by atoms with van der Waals surface area (Å²) in [5.74, 6) is -9.20. The minimum absolute atomic E-state index is 0.642. The monoisotopic (exact) mass is 342 g/mol. The molecule has 1 aromatic heterocycles. The molecule has 0 saturated heterocycles. The molecule has 1 heterocycles. The van der Waals surface area contributed by atoms with Gasteiger partial charge in [-0.15, -0.1) is 0 Å². The summed E-state index contributed by atoms with van der Waals surface area (Å²) in [4.78, 5) is 52.4. The van der Waals surface area contributed by atoms with Crippen LogP contribution in [0.25, 0.3) is 0 Å². The van der Waals surface area contributed by atoms with E-state index < -0.39 is 71.6 Å². The van der Waals surface area contributed by atoms with Crippen molar-refractivity contribution in [2.75, 3.05) is 13.2 Å². The lowest BCUT2D eigenvalue weighted by Crippen LogP contribution is -2.31. The maximum absolute atomic E-state index is 11.5. The second kappa shape index (κ2) is 7.43. The Morgan fingerprint density at radius 1 is 0.792 bits per heavy atom. The zero-order chi connectivity index (χ0) is 18.6. The minimum Gasteiger partial charge on any atom is -0.481 e. The quantitative estimate of drug-likeness (QED) is 0.280. The van der Waals surface area contributed by atoms with E-state index in [2.05, 4.69) is 9.97 Å². The highest BCUT2D eigenvalue weighted by molar-refractivity contribution is 5.97. The van der Waals surface area contributed by atoms with Crippen molar-refractivity contribution >= 4 is 23.8 Å². The molecule has 0 aliphatic rings. The molecule has 24 heavy (non-hydrogen) atoms. The van der Waals surface area contributed by atoms with Crippen LogP contribution in [0.3, 0.4) is 0 Å². The Balaban J connectivity index is 3.79. The lowest BCUT2D eigenvalue weighted by atomic mass is 9.99. The number of primary amides is 2. The molecule has 130 valence electrons. The van der Waals surface area contributed by atoms with Crippen molar-refractivity contribution < 1.29 is 39.6 Å². The van der Waals surface area contributed by atoms with Crippen LogP contribution in [-0.2, 0) is 9.59 Å². The SMILES string of the molecule is NC(=O)c1nc([C@H](CO)C(=O)O)c(C(N)=O)nc1[C@H](CO)C(=O)O. The third-order valence-electron chi connectivity index (χ3n) is 3.04. The number of carbonyl (C=O) groups excluding carboxylic acids is 2. The number of rotatable bonds is 8. The highest BCUT2D eigenvalue weighted by Crippen LogP contribution is 2.23. The molecular weight excluding hydrogens is 328 g/mol. The number of carbonyl (C=O) groups is 4. The molecule has 12 heteroatoms. The average Bonchev–Trinajstić information content (AvgIpc) is 2.47. The topological polar surface area (TPSA) is 227 Å². The van der Waals surface area contributed by atoms with E-state index in [1.54, 1.807) is 0 Å². The summed E-state index contributed by atoms with van der Waals surface area (Å²) in [6.45, 7) is -1.99. The van der Waals surface area contributed by atoms with Crippen LogP contribution in [0.4, 0.5) is 0 Å². The maximum Gasteiger partial charge on any atom is 0.315 e. The molecule has 0 aliphatic carbocycles. The fraction of sp³-hybridized carbons (Fsp3) is 0.333. The van der Waals surface area contributed by atoms with E-state index in [0.29, 0.717) is 0 Å². The van der Waals surface area contributed by atoms with Gasteiger partial charge in [-0.3, -0.25) is 19.2 Å². The molecule has 0 saturated carbocycles. The zero-order valence-electron chi connectivity index (χ0n) is 12.0. The Hall–Kier alpha value is -3.12. The highest BCUT2D eigenvalue weighted by atomic mass is 16.4. The van der Waals surface area contributed by atoms with E-state index in [9.17, 15) is 19.2 Å². The van der Waals surface area contributed by atoms with Gasteiger partial charge in [-0.25, -0.2) is 9.97 Å². The lowest BCUT2D eigenvalue weighted by molar-refractivity contribution is -0.141. The normalized spacial score (nSPS) is 13.1. The fourth-order valence-corrected chi connectivity index (χ4v) is 1.87. The lowest BCUT2D eigenvalue weighted by Gasteiger charge is -2.17. The summed E-state index contributed by atoms with van der Waals surface area (Å²) in [5, 5.41) is 36.4. The smallest absolute Gasteiger partial charge is 0.315 e. The summed E-state index contributed by atoms with van der Waals surface area (Å²) in [6, 6.07) is 0. The Labute approximate surface area is 133 Å². The molecule has 12 nitrogen and oxygen atoms in total. The Morgan fingerprint density at radius 2 is 1.08 bits per heavy atom. The summed E-state index contributed by atoms with van der Waals surface area (Å²) in [7, 11) is 0. The number of nitrogens with zero attached hydrogens (tertiary/aromatic N) is 2. The zero-order valence-corrected chi connectivity index (χ0v) is 12.0. The first-order valence-corrected chi connectivity index (χ1v) is 6.34. The predicted octanol–water partition coefficient (Wildman–Crippen LogP) is -3.00. The average molecular weight is 342 g/mol. The van der Waals surface area contributed by atoms with Crippen LogP contribution in [0.1, 0.15) is 44.2 Å². The van der Waals surface area contributed by atoms with Gasteiger partial charge in [-0.1, -0.05) is 0 Å². The van der Waals surface area contributed by atoms with Crippen LogP contribution in [0.5, 0.6) is 0 Å². The molecule has 0 spiro atoms. The van der Waals surface area contributed by atoms with Crippen LogP contribution < -0.4 is 11.5 Å². The Morgan fingerprint density at radius 3 is 1.25 bits per heavy atom. The number of aliphatic hydroxyl groups is 2. The molecule has 2 atom stereocenters. The molecule has 0 aliphatic heterocycles. The molecular formula is C12H14N4O8. The second-order valence-corrected chi connectivity index (χ2v) is 4.57. The predicted molar refractivity (Wildman–Crippen MR) is 74.0 cm³/mol. The number of aliphatic hydroxyl groups excluding tert-OH is 2. The Bertz CT molecular complexity index is 645. The van der Waals surface area contributed by atoms with E-state index in [4.69, 9.17) is 31.9 Å². The van der Waals surface area contributed by atoms with E-state index in [-0.39, 0.29) is 0 Å². The molecule has 1 aromatic rings. The van der Waals surface area contributed by atoms with Gasteiger partial charge >= 0.3 is 11.9 Å². The van der Waals surface area contributed by atoms with Crippen LogP contribution >= 0.6 is 0 Å². The summed E-state index contributed by atoms with van der Waals surface area (Å²) >= 11 is 0. The Kier molecular flexibility index (Phi) is 5.86. The van der Waals surface area contributed by atoms with E-state index >= 15 is 0 Å². The van der Waals surface area contributed by atoms with Crippen molar-refractivity contribution in [2.24, 2.45) is 11.5 Å². The van der Waals surface area contributed by atoms with Gasteiger partial charge < -0.3 is 31.9 Å². The number of carboxylic acid groups (broad SMARTS) is 2. The minimum atomic E-state index is -1.75. The first-order chi connectivity index (χ1) is 11.1. The van der Waals surface area contributed by atoms with Crippen molar-refractivity contribution in [1.29, 1.82) is 0 Å². The third kappa shape index (κ3) is 3.61. The number of aromatic nitrogens is 2. The molecule has 0 aromatic carbocycles. The van der Waals surface area contributed by atoms with Gasteiger partial charge in [0.1, 0.15) is 11.8 Å². The highest BCUT2D eigenvalue weighted by Gasteiger charge is 2.33. The first-order valence-electron chi connectivity index (χ1n) is 6.34. The van der Waals surface area contributed by atoms with Gasteiger partial charge in [-0.05, 0) is 0 Å². The van der Waals surface area contributed by atoms with E-state index in [1.165, 1.54) is 0 Å².